The van der Waals surface area contributed by atoms with E-state index in [1.807, 2.05) is 23.5 Å². The van der Waals surface area contributed by atoms with Crippen molar-refractivity contribution in [1.82, 2.24) is 10.7 Å². The maximum absolute atomic E-state index is 6.18. The lowest BCUT2D eigenvalue weighted by atomic mass is 9.99. The topological polar surface area (TPSA) is 52.0 Å². The largest absolute Gasteiger partial charge is 0.317 e. The smallest absolute Gasteiger partial charge is 0.147 e. The van der Waals surface area contributed by atoms with Crippen LogP contribution in [0.25, 0.3) is 0 Å². The Balaban J connectivity index is 1.72. The van der Waals surface area contributed by atoms with Gasteiger partial charge in [-0.05, 0) is 51.4 Å². The lowest BCUT2D eigenvalue weighted by molar-refractivity contribution is 0.426. The van der Waals surface area contributed by atoms with Crippen LogP contribution in [-0.2, 0) is 0 Å². The van der Waals surface area contributed by atoms with E-state index in [9.17, 15) is 0 Å². The van der Waals surface area contributed by atoms with E-state index in [1.54, 1.807) is 0 Å². The first-order valence-corrected chi connectivity index (χ1v) is 11.4. The molecule has 1 fully saturated rings. The second kappa shape index (κ2) is 6.83. The molecule has 152 valence electrons. The van der Waals surface area contributed by atoms with Gasteiger partial charge >= 0.3 is 0 Å². The molecule has 3 aliphatic rings. The van der Waals surface area contributed by atoms with Gasteiger partial charge in [0.05, 0.1) is 5.71 Å². The van der Waals surface area contributed by atoms with Crippen molar-refractivity contribution in [1.29, 1.82) is 0 Å². The highest BCUT2D eigenvalue weighted by Gasteiger charge is 2.64. The van der Waals surface area contributed by atoms with E-state index >= 15 is 0 Å². The number of nitrogens with one attached hydrogen (secondary N) is 2. The molecule has 1 aromatic heterocycles. The number of hydrazone groups is 1. The molecule has 5 nitrogen and oxygen atoms in total. The average molecular weight is 428 g/mol. The summed E-state index contributed by atoms with van der Waals surface area (Å²) in [6.45, 7) is 10.6. The number of nitrogens with zero attached hydrogens (tertiary/aromatic N) is 3. The van der Waals surface area contributed by atoms with Crippen molar-refractivity contribution in [2.75, 3.05) is 18.0 Å². The number of aliphatic imine (C=N–C) groups is 1. The van der Waals surface area contributed by atoms with Gasteiger partial charge in [0.15, 0.2) is 0 Å². The molecule has 2 aliphatic heterocycles. The summed E-state index contributed by atoms with van der Waals surface area (Å²) in [5.74, 6) is 1.50. The number of anilines is 1. The van der Waals surface area contributed by atoms with Crippen molar-refractivity contribution in [3.63, 3.8) is 0 Å². The molecule has 5 rings (SSSR count). The van der Waals surface area contributed by atoms with E-state index in [-0.39, 0.29) is 11.7 Å². The van der Waals surface area contributed by atoms with Gasteiger partial charge in [0, 0.05) is 33.5 Å². The number of hydrogen-bond acceptors (Lipinski definition) is 6. The van der Waals surface area contributed by atoms with Crippen LogP contribution in [0.1, 0.15) is 41.8 Å². The lowest BCUT2D eigenvalue weighted by Gasteiger charge is -2.29. The monoisotopic (exact) mass is 427 g/mol. The van der Waals surface area contributed by atoms with Gasteiger partial charge in [-0.3, -0.25) is 15.3 Å². The van der Waals surface area contributed by atoms with E-state index in [4.69, 9.17) is 16.6 Å². The van der Waals surface area contributed by atoms with Crippen LogP contribution in [0, 0.1) is 19.8 Å². The van der Waals surface area contributed by atoms with Crippen LogP contribution in [0.5, 0.6) is 0 Å². The number of aryl methyl sites for hydroxylation is 1. The Kier molecular flexibility index (Phi) is 4.49. The highest BCUT2D eigenvalue weighted by atomic mass is 35.5. The minimum absolute atomic E-state index is 0.0622. The Morgan fingerprint density at radius 2 is 2.03 bits per heavy atom. The van der Waals surface area contributed by atoms with E-state index < -0.39 is 0 Å². The SMILES string of the molecule is CCNC[C@@H]1C[C@]12N=C(c1ccc(Cl)cc1)c1c(sc(C)c1C)N1C(C)=NNC12. The molecule has 3 heterocycles. The maximum atomic E-state index is 6.18. The van der Waals surface area contributed by atoms with Gasteiger partial charge in [-0.2, -0.15) is 5.10 Å². The lowest BCUT2D eigenvalue weighted by Crippen LogP contribution is -2.49. The van der Waals surface area contributed by atoms with Gasteiger partial charge in [0.25, 0.3) is 0 Å². The molecule has 7 heteroatoms. The van der Waals surface area contributed by atoms with Crippen molar-refractivity contribution in [2.24, 2.45) is 16.0 Å². The Morgan fingerprint density at radius 1 is 1.28 bits per heavy atom. The summed E-state index contributed by atoms with van der Waals surface area (Å²) in [5, 5.41) is 10.1. The van der Waals surface area contributed by atoms with Crippen molar-refractivity contribution >= 4 is 39.5 Å². The molecular formula is C22H26ClN5S. The Hall–Kier alpha value is -1.89. The molecule has 1 saturated carbocycles. The van der Waals surface area contributed by atoms with Gasteiger partial charge in [-0.25, -0.2) is 0 Å². The predicted molar refractivity (Wildman–Crippen MR) is 123 cm³/mol. The zero-order chi connectivity index (χ0) is 20.3. The third kappa shape index (κ3) is 2.84. The fraction of sp³-hybridized carbons (Fsp3) is 0.455. The summed E-state index contributed by atoms with van der Waals surface area (Å²) in [6, 6.07) is 8.11. The summed E-state index contributed by atoms with van der Waals surface area (Å²) >= 11 is 8.03. The van der Waals surface area contributed by atoms with Crippen LogP contribution in [-0.4, -0.2) is 36.3 Å². The summed E-state index contributed by atoms with van der Waals surface area (Å²) in [6.07, 6.45) is 1.12. The number of hydrogen-bond donors (Lipinski definition) is 2. The first kappa shape index (κ1) is 19.1. The zero-order valence-corrected chi connectivity index (χ0v) is 18.8. The van der Waals surface area contributed by atoms with Crippen molar-refractivity contribution in [3.05, 3.63) is 50.9 Å². The number of rotatable bonds is 4. The normalized spacial score (nSPS) is 27.1. The molecule has 29 heavy (non-hydrogen) atoms. The van der Waals surface area contributed by atoms with Crippen LogP contribution in [0.15, 0.2) is 34.4 Å². The van der Waals surface area contributed by atoms with E-state index in [2.05, 4.69) is 60.6 Å². The second-order valence-electron chi connectivity index (χ2n) is 8.19. The van der Waals surface area contributed by atoms with Crippen LogP contribution in [0.4, 0.5) is 5.00 Å². The molecule has 0 saturated heterocycles. The number of halogens is 1. The maximum Gasteiger partial charge on any atom is 0.147 e. The summed E-state index contributed by atoms with van der Waals surface area (Å²) < 4.78 is 0. The third-order valence-electron chi connectivity index (χ3n) is 6.45. The van der Waals surface area contributed by atoms with Crippen molar-refractivity contribution < 1.29 is 0 Å². The molecule has 0 radical (unpaired) electrons. The molecule has 1 aliphatic carbocycles. The molecule has 1 unspecified atom stereocenters. The first-order chi connectivity index (χ1) is 14.0. The molecule has 1 aromatic carbocycles. The zero-order valence-electron chi connectivity index (χ0n) is 17.2. The van der Waals surface area contributed by atoms with Gasteiger partial charge in [0.1, 0.15) is 22.5 Å². The van der Waals surface area contributed by atoms with Gasteiger partial charge in [0.2, 0.25) is 0 Å². The molecule has 3 atom stereocenters. The predicted octanol–water partition coefficient (Wildman–Crippen LogP) is 4.31. The number of amidine groups is 1. The highest BCUT2D eigenvalue weighted by Crippen LogP contribution is 2.55. The highest BCUT2D eigenvalue weighted by molar-refractivity contribution is 7.17. The van der Waals surface area contributed by atoms with Crippen LogP contribution < -0.4 is 15.6 Å². The van der Waals surface area contributed by atoms with Crippen molar-refractivity contribution in [2.45, 2.75) is 45.8 Å². The Bertz CT molecular complexity index is 1020. The molecule has 2 N–H and O–H groups in total. The summed E-state index contributed by atoms with van der Waals surface area (Å²) in [7, 11) is 0. The quantitative estimate of drug-likeness (QED) is 0.764. The van der Waals surface area contributed by atoms with Gasteiger partial charge in [-0.1, -0.05) is 30.7 Å². The van der Waals surface area contributed by atoms with E-state index in [0.717, 1.165) is 41.6 Å². The molecular weight excluding hydrogens is 402 g/mol. The Labute approximate surface area is 180 Å². The number of benzene rings is 1. The molecule has 0 amide bonds. The van der Waals surface area contributed by atoms with Gasteiger partial charge in [-0.15, -0.1) is 11.3 Å². The first-order valence-electron chi connectivity index (χ1n) is 10.2. The standard InChI is InChI=1S/C22H26ClN5S/c1-5-24-11-16-10-22(16)21-27-26-14(4)28(21)20-18(12(2)13(3)29-20)19(25-22)15-6-8-17(23)9-7-15/h6-9,16,21,24,27H,5,10-11H2,1-4H3/t16-,21?,22-/m0/s1. The van der Waals surface area contributed by atoms with Crippen LogP contribution >= 0.6 is 22.9 Å². The van der Waals surface area contributed by atoms with E-state index in [1.165, 1.54) is 21.0 Å². The van der Waals surface area contributed by atoms with E-state index in [0.29, 0.717) is 5.92 Å². The van der Waals surface area contributed by atoms with Crippen LogP contribution in [0.2, 0.25) is 5.02 Å². The van der Waals surface area contributed by atoms with Crippen molar-refractivity contribution in [3.8, 4) is 0 Å². The Morgan fingerprint density at radius 3 is 2.76 bits per heavy atom. The second-order valence-corrected chi connectivity index (χ2v) is 9.83. The summed E-state index contributed by atoms with van der Waals surface area (Å²) in [4.78, 5) is 9.22. The minimum atomic E-state index is -0.183. The average Bonchev–Trinajstić information content (AvgIpc) is 3.18. The summed E-state index contributed by atoms with van der Waals surface area (Å²) in [5.41, 5.74) is 7.99. The molecule has 1 spiro atoms. The molecule has 2 aromatic rings. The number of thiophene rings is 1. The van der Waals surface area contributed by atoms with Crippen LogP contribution in [0.3, 0.4) is 0 Å². The van der Waals surface area contributed by atoms with Gasteiger partial charge < -0.3 is 5.32 Å². The number of fused-ring (bicyclic) bond motifs is 4. The third-order valence-corrected chi connectivity index (χ3v) is 7.91. The minimum Gasteiger partial charge on any atom is -0.317 e. The fourth-order valence-electron chi connectivity index (χ4n) is 4.63. The molecule has 0 bridgehead atoms. The fourth-order valence-corrected chi connectivity index (χ4v) is 5.99.